The average Bonchev–Trinajstić information content (AvgIpc) is 3.39. The molecule has 0 aliphatic carbocycles. The number of hydrogen-bond donors (Lipinski definition) is 2. The standard InChI is InChI=1S/C22H35N5O2.HI/c1-5-23-21(26-16-20-24-15-19(29-20)22(2,3)4)25-14-17(18-10-9-13-28-18)27-11-7-6-8-12-27;/h9-10,13,15,17H,5-8,11-12,14,16H2,1-4H3,(H2,23,25,26);1H. The molecule has 0 bridgehead atoms. The number of halogens is 1. The van der Waals surface area contributed by atoms with Gasteiger partial charge in [0.25, 0.3) is 0 Å². The van der Waals surface area contributed by atoms with Crippen LogP contribution >= 0.6 is 24.0 Å². The first kappa shape index (κ1) is 24.7. The summed E-state index contributed by atoms with van der Waals surface area (Å²) in [5, 5.41) is 6.80. The Balaban J connectivity index is 0.00000320. The SMILES string of the molecule is CCNC(=NCc1ncc(C(C)(C)C)o1)NCC(c1ccco1)N1CCCCC1.I. The molecule has 0 spiro atoms. The third-order valence-corrected chi connectivity index (χ3v) is 5.18. The molecule has 7 nitrogen and oxygen atoms in total. The molecular formula is C22H36IN5O2. The maximum Gasteiger partial charge on any atom is 0.216 e. The highest BCUT2D eigenvalue weighted by Crippen LogP contribution is 2.25. The fourth-order valence-electron chi connectivity index (χ4n) is 3.53. The van der Waals surface area contributed by atoms with Crippen LogP contribution in [0, 0.1) is 0 Å². The number of nitrogens with zero attached hydrogens (tertiary/aromatic N) is 3. The first-order valence-corrected chi connectivity index (χ1v) is 10.7. The van der Waals surface area contributed by atoms with Crippen LogP contribution in [0.3, 0.4) is 0 Å². The number of rotatable bonds is 7. The smallest absolute Gasteiger partial charge is 0.216 e. The summed E-state index contributed by atoms with van der Waals surface area (Å²) in [7, 11) is 0. The third kappa shape index (κ3) is 7.01. The molecule has 2 aromatic heterocycles. The molecule has 0 saturated carbocycles. The lowest BCUT2D eigenvalue weighted by molar-refractivity contribution is 0.146. The number of nitrogens with one attached hydrogen (secondary N) is 2. The van der Waals surface area contributed by atoms with E-state index >= 15 is 0 Å². The molecule has 1 aliphatic heterocycles. The average molecular weight is 529 g/mol. The van der Waals surface area contributed by atoms with Gasteiger partial charge in [-0.1, -0.05) is 27.2 Å². The summed E-state index contributed by atoms with van der Waals surface area (Å²) in [6.07, 6.45) is 7.35. The lowest BCUT2D eigenvalue weighted by atomic mass is 9.94. The van der Waals surface area contributed by atoms with E-state index in [0.29, 0.717) is 12.4 Å². The number of furan rings is 1. The van der Waals surface area contributed by atoms with E-state index in [1.54, 1.807) is 12.5 Å². The molecule has 1 fully saturated rings. The minimum absolute atomic E-state index is 0. The van der Waals surface area contributed by atoms with Crippen molar-refractivity contribution in [2.24, 2.45) is 4.99 Å². The van der Waals surface area contributed by atoms with Gasteiger partial charge in [-0.15, -0.1) is 24.0 Å². The van der Waals surface area contributed by atoms with Crippen molar-refractivity contribution in [1.82, 2.24) is 20.5 Å². The summed E-state index contributed by atoms with van der Waals surface area (Å²) >= 11 is 0. The second-order valence-corrected chi connectivity index (χ2v) is 8.57. The van der Waals surface area contributed by atoms with Crippen molar-refractivity contribution >= 4 is 29.9 Å². The lowest BCUT2D eigenvalue weighted by Gasteiger charge is -2.33. The van der Waals surface area contributed by atoms with E-state index in [9.17, 15) is 0 Å². The van der Waals surface area contributed by atoms with E-state index in [1.807, 2.05) is 6.07 Å². The number of guanidine groups is 1. The molecule has 8 heteroatoms. The fourth-order valence-corrected chi connectivity index (χ4v) is 3.53. The maximum absolute atomic E-state index is 5.86. The van der Waals surface area contributed by atoms with Gasteiger partial charge in [0.15, 0.2) is 5.96 Å². The van der Waals surface area contributed by atoms with Crippen molar-refractivity contribution in [2.75, 3.05) is 26.2 Å². The molecule has 1 atom stereocenters. The van der Waals surface area contributed by atoms with E-state index in [2.05, 4.69) is 59.3 Å². The predicted molar refractivity (Wildman–Crippen MR) is 130 cm³/mol. The quantitative estimate of drug-likeness (QED) is 0.313. The second-order valence-electron chi connectivity index (χ2n) is 8.57. The summed E-state index contributed by atoms with van der Waals surface area (Å²) in [6.45, 7) is 12.5. The molecule has 0 radical (unpaired) electrons. The lowest BCUT2D eigenvalue weighted by Crippen LogP contribution is -2.44. The molecule has 2 N–H and O–H groups in total. The van der Waals surface area contributed by atoms with Crippen LogP contribution in [0.25, 0.3) is 0 Å². The minimum Gasteiger partial charge on any atom is -0.468 e. The van der Waals surface area contributed by atoms with Gasteiger partial charge in [-0.2, -0.15) is 0 Å². The Labute approximate surface area is 197 Å². The van der Waals surface area contributed by atoms with E-state index in [1.165, 1.54) is 19.3 Å². The zero-order valence-electron chi connectivity index (χ0n) is 18.6. The van der Waals surface area contributed by atoms with Gasteiger partial charge in [0.2, 0.25) is 5.89 Å². The normalized spacial score (nSPS) is 16.7. The topological polar surface area (TPSA) is 78.8 Å². The number of aliphatic imine (C=N–C) groups is 1. The fraction of sp³-hybridized carbons (Fsp3) is 0.636. The van der Waals surface area contributed by atoms with Gasteiger partial charge in [-0.05, 0) is 45.0 Å². The van der Waals surface area contributed by atoms with Gasteiger partial charge in [0, 0.05) is 18.5 Å². The number of oxazole rings is 1. The Morgan fingerprint density at radius 1 is 1.23 bits per heavy atom. The van der Waals surface area contributed by atoms with Crippen molar-refractivity contribution in [2.45, 2.75) is 65.0 Å². The van der Waals surface area contributed by atoms with E-state index < -0.39 is 0 Å². The van der Waals surface area contributed by atoms with Crippen molar-refractivity contribution in [3.8, 4) is 0 Å². The monoisotopic (exact) mass is 529 g/mol. The predicted octanol–water partition coefficient (Wildman–Crippen LogP) is 4.47. The summed E-state index contributed by atoms with van der Waals surface area (Å²) in [5.41, 5.74) is -0.0532. The highest BCUT2D eigenvalue weighted by atomic mass is 127. The van der Waals surface area contributed by atoms with Gasteiger partial charge in [-0.25, -0.2) is 9.98 Å². The van der Waals surface area contributed by atoms with Gasteiger partial charge >= 0.3 is 0 Å². The molecule has 0 amide bonds. The van der Waals surface area contributed by atoms with Crippen LogP contribution in [0.15, 0.2) is 38.4 Å². The zero-order chi connectivity index (χ0) is 20.7. The molecular weight excluding hydrogens is 493 g/mol. The maximum atomic E-state index is 5.86. The highest BCUT2D eigenvalue weighted by Gasteiger charge is 2.24. The first-order chi connectivity index (χ1) is 14.0. The van der Waals surface area contributed by atoms with Crippen molar-refractivity contribution in [3.63, 3.8) is 0 Å². The van der Waals surface area contributed by atoms with E-state index in [-0.39, 0.29) is 35.4 Å². The molecule has 168 valence electrons. The number of piperidine rings is 1. The molecule has 30 heavy (non-hydrogen) atoms. The van der Waals surface area contributed by atoms with Crippen LogP contribution in [0.1, 0.15) is 70.4 Å². The first-order valence-electron chi connectivity index (χ1n) is 10.7. The molecule has 3 heterocycles. The van der Waals surface area contributed by atoms with Crippen molar-refractivity contribution in [3.05, 3.63) is 42.0 Å². The molecule has 1 unspecified atom stereocenters. The third-order valence-electron chi connectivity index (χ3n) is 5.18. The van der Waals surface area contributed by atoms with Crippen molar-refractivity contribution < 1.29 is 8.83 Å². The summed E-state index contributed by atoms with van der Waals surface area (Å²) < 4.78 is 11.6. The summed E-state index contributed by atoms with van der Waals surface area (Å²) in [4.78, 5) is 11.5. The highest BCUT2D eigenvalue weighted by molar-refractivity contribution is 14.0. The number of aromatic nitrogens is 1. The Bertz CT molecular complexity index is 761. The molecule has 0 aromatic carbocycles. The minimum atomic E-state index is -0.0532. The van der Waals surface area contributed by atoms with Crippen LogP contribution < -0.4 is 10.6 Å². The summed E-state index contributed by atoms with van der Waals surface area (Å²) in [6, 6.07) is 4.22. The van der Waals surface area contributed by atoms with E-state index in [4.69, 9.17) is 8.83 Å². The second kappa shape index (κ2) is 11.7. The van der Waals surface area contributed by atoms with Gasteiger partial charge in [-0.3, -0.25) is 4.90 Å². The van der Waals surface area contributed by atoms with Gasteiger partial charge in [0.05, 0.1) is 18.5 Å². The van der Waals surface area contributed by atoms with Crippen LogP contribution in [-0.4, -0.2) is 42.0 Å². The van der Waals surface area contributed by atoms with Crippen LogP contribution in [0.5, 0.6) is 0 Å². The molecule has 1 aliphatic rings. The molecule has 2 aromatic rings. The number of hydrogen-bond acceptors (Lipinski definition) is 5. The van der Waals surface area contributed by atoms with Crippen LogP contribution in [0.2, 0.25) is 0 Å². The van der Waals surface area contributed by atoms with Crippen molar-refractivity contribution in [1.29, 1.82) is 0 Å². The summed E-state index contributed by atoms with van der Waals surface area (Å²) in [5.74, 6) is 3.27. The Morgan fingerprint density at radius 2 is 2.00 bits per heavy atom. The Morgan fingerprint density at radius 3 is 2.60 bits per heavy atom. The molecule has 3 rings (SSSR count). The molecule has 1 saturated heterocycles. The Hall–Kier alpha value is -1.55. The number of likely N-dealkylation sites (tertiary alicyclic amines) is 1. The van der Waals surface area contributed by atoms with Crippen LogP contribution in [0.4, 0.5) is 0 Å². The van der Waals surface area contributed by atoms with E-state index in [0.717, 1.165) is 43.7 Å². The largest absolute Gasteiger partial charge is 0.468 e. The van der Waals surface area contributed by atoms with Crippen LogP contribution in [-0.2, 0) is 12.0 Å². The Kier molecular flexibility index (Phi) is 9.67. The van der Waals surface area contributed by atoms with Gasteiger partial charge in [0.1, 0.15) is 18.1 Å². The van der Waals surface area contributed by atoms with Gasteiger partial charge < -0.3 is 19.5 Å². The zero-order valence-corrected chi connectivity index (χ0v) is 20.9.